The summed E-state index contributed by atoms with van der Waals surface area (Å²) in [6, 6.07) is 6.43. The maximum absolute atomic E-state index is 11.1. The maximum atomic E-state index is 11.1. The highest BCUT2D eigenvalue weighted by molar-refractivity contribution is 14.0. The Balaban J connectivity index is 0.00000338. The number of guanidine groups is 1. The summed E-state index contributed by atoms with van der Waals surface area (Å²) in [5.74, 6) is 1.69. The molecule has 0 aromatic heterocycles. The summed E-state index contributed by atoms with van der Waals surface area (Å²) in [7, 11) is 1.42. The highest BCUT2D eigenvalue weighted by atomic mass is 127. The Hall–Kier alpha value is -1.51. The molecule has 1 heterocycles. The van der Waals surface area contributed by atoms with Gasteiger partial charge in [-0.3, -0.25) is 9.79 Å². The molecule has 0 amide bonds. The number of hydrogen-bond donors (Lipinski definition) is 2. The highest BCUT2D eigenvalue weighted by Crippen LogP contribution is 2.25. The van der Waals surface area contributed by atoms with E-state index in [2.05, 4.69) is 45.5 Å². The van der Waals surface area contributed by atoms with Gasteiger partial charge in [0, 0.05) is 32.5 Å². The molecule has 0 spiro atoms. The maximum Gasteiger partial charge on any atom is 0.305 e. The Morgan fingerprint density at radius 3 is 2.92 bits per heavy atom. The zero-order valence-corrected chi connectivity index (χ0v) is 18.0. The highest BCUT2D eigenvalue weighted by Gasteiger charge is 2.11. The molecule has 7 heteroatoms. The van der Waals surface area contributed by atoms with Crippen molar-refractivity contribution in [1.29, 1.82) is 0 Å². The molecule has 0 atom stereocenters. The van der Waals surface area contributed by atoms with E-state index in [9.17, 15) is 4.79 Å². The zero-order chi connectivity index (χ0) is 17.9. The summed E-state index contributed by atoms with van der Waals surface area (Å²) in [4.78, 5) is 15.6. The fourth-order valence-electron chi connectivity index (χ4n) is 2.74. The Morgan fingerprint density at radius 2 is 2.15 bits per heavy atom. The average molecular weight is 475 g/mol. The van der Waals surface area contributed by atoms with Gasteiger partial charge in [0.15, 0.2) is 5.96 Å². The third-order valence-corrected chi connectivity index (χ3v) is 4.09. The molecule has 146 valence electrons. The number of rotatable bonds is 9. The largest absolute Gasteiger partial charge is 0.493 e. The molecule has 0 saturated heterocycles. The molecule has 1 aliphatic rings. The van der Waals surface area contributed by atoms with Crippen LogP contribution in [0.4, 0.5) is 0 Å². The monoisotopic (exact) mass is 475 g/mol. The van der Waals surface area contributed by atoms with E-state index in [-0.39, 0.29) is 29.9 Å². The molecule has 1 aliphatic heterocycles. The topological polar surface area (TPSA) is 72.0 Å². The van der Waals surface area contributed by atoms with Crippen molar-refractivity contribution in [2.45, 2.75) is 39.0 Å². The fraction of sp³-hybridized carbons (Fsp3) is 0.579. The van der Waals surface area contributed by atoms with Gasteiger partial charge in [-0.05, 0) is 43.4 Å². The number of esters is 1. The Labute approximate surface area is 173 Å². The van der Waals surface area contributed by atoms with Gasteiger partial charge >= 0.3 is 5.97 Å². The second kappa shape index (κ2) is 12.8. The number of nitrogens with zero attached hydrogens (tertiary/aromatic N) is 1. The number of hydrogen-bond acceptors (Lipinski definition) is 4. The number of ether oxygens (including phenoxy) is 2. The minimum absolute atomic E-state index is 0. The standard InChI is InChI=1S/C19H29N3O3.HI/c1-3-20-19(21-11-5-4-6-18(23)24-2)22-12-9-15-7-8-17-16(14-15)10-13-25-17;/h7-8,14H,3-6,9-13H2,1-2H3,(H2,20,21,22);1H. The molecule has 1 aromatic carbocycles. The number of unbranched alkanes of at least 4 members (excludes halogenated alkanes) is 1. The molecule has 0 bridgehead atoms. The van der Waals surface area contributed by atoms with E-state index in [1.807, 2.05) is 0 Å². The molecule has 2 rings (SSSR count). The van der Waals surface area contributed by atoms with Gasteiger partial charge in [0.2, 0.25) is 0 Å². The predicted octanol–water partition coefficient (Wildman–Crippen LogP) is 2.68. The van der Waals surface area contributed by atoms with Crippen molar-refractivity contribution < 1.29 is 14.3 Å². The first-order chi connectivity index (χ1) is 12.2. The van der Waals surface area contributed by atoms with Crippen LogP contribution in [0.2, 0.25) is 0 Å². The first-order valence-corrected chi connectivity index (χ1v) is 9.06. The lowest BCUT2D eigenvalue weighted by Crippen LogP contribution is -2.38. The lowest BCUT2D eigenvalue weighted by atomic mass is 10.1. The minimum Gasteiger partial charge on any atom is -0.493 e. The van der Waals surface area contributed by atoms with Gasteiger partial charge < -0.3 is 20.1 Å². The van der Waals surface area contributed by atoms with Crippen molar-refractivity contribution in [1.82, 2.24) is 10.6 Å². The van der Waals surface area contributed by atoms with Crippen molar-refractivity contribution in [3.05, 3.63) is 29.3 Å². The Bertz CT molecular complexity index is 593. The van der Waals surface area contributed by atoms with Gasteiger partial charge in [-0.15, -0.1) is 24.0 Å². The Morgan fingerprint density at radius 1 is 1.31 bits per heavy atom. The van der Waals surface area contributed by atoms with Gasteiger partial charge in [0.1, 0.15) is 5.75 Å². The first-order valence-electron chi connectivity index (χ1n) is 9.06. The van der Waals surface area contributed by atoms with E-state index < -0.39 is 0 Å². The van der Waals surface area contributed by atoms with Crippen molar-refractivity contribution in [3.8, 4) is 5.75 Å². The van der Waals surface area contributed by atoms with Crippen LogP contribution < -0.4 is 15.4 Å². The number of carbonyl (C=O) groups is 1. The smallest absolute Gasteiger partial charge is 0.305 e. The number of fused-ring (bicyclic) bond motifs is 1. The van der Waals surface area contributed by atoms with Crippen LogP contribution in [0.3, 0.4) is 0 Å². The summed E-state index contributed by atoms with van der Waals surface area (Å²) in [5, 5.41) is 6.61. The number of nitrogens with one attached hydrogen (secondary N) is 2. The minimum atomic E-state index is -0.159. The average Bonchev–Trinajstić information content (AvgIpc) is 3.09. The quantitative estimate of drug-likeness (QED) is 0.189. The molecular formula is C19H30IN3O3. The van der Waals surface area contributed by atoms with E-state index >= 15 is 0 Å². The van der Waals surface area contributed by atoms with E-state index in [0.717, 1.165) is 57.1 Å². The van der Waals surface area contributed by atoms with E-state index in [4.69, 9.17) is 4.74 Å². The van der Waals surface area contributed by atoms with Crippen LogP contribution in [0.5, 0.6) is 5.75 Å². The molecule has 0 unspecified atom stereocenters. The number of methoxy groups -OCH3 is 1. The molecule has 2 N–H and O–H groups in total. The van der Waals surface area contributed by atoms with E-state index in [1.54, 1.807) is 0 Å². The molecule has 26 heavy (non-hydrogen) atoms. The van der Waals surface area contributed by atoms with E-state index in [0.29, 0.717) is 13.0 Å². The molecule has 1 aromatic rings. The molecule has 0 fully saturated rings. The first kappa shape index (κ1) is 22.5. The SMILES string of the molecule is CCNC(=NCCCCC(=O)OC)NCCc1ccc2c(c1)CCO2.I. The van der Waals surface area contributed by atoms with Crippen molar-refractivity contribution in [2.75, 3.05) is 33.4 Å². The second-order valence-corrected chi connectivity index (χ2v) is 6.01. The summed E-state index contributed by atoms with van der Waals surface area (Å²) in [6.07, 6.45) is 4.08. The molecule has 6 nitrogen and oxygen atoms in total. The number of aliphatic imine (C=N–C) groups is 1. The molecule has 0 saturated carbocycles. The van der Waals surface area contributed by atoms with Crippen LogP contribution >= 0.6 is 24.0 Å². The van der Waals surface area contributed by atoms with Crippen molar-refractivity contribution >= 4 is 35.9 Å². The predicted molar refractivity (Wildman–Crippen MR) is 115 cm³/mol. The van der Waals surface area contributed by atoms with Crippen LogP contribution in [0, 0.1) is 0 Å². The number of halogens is 1. The lowest BCUT2D eigenvalue weighted by molar-refractivity contribution is -0.140. The van der Waals surface area contributed by atoms with Crippen molar-refractivity contribution in [2.24, 2.45) is 4.99 Å². The van der Waals surface area contributed by atoms with Gasteiger partial charge in [0.25, 0.3) is 0 Å². The van der Waals surface area contributed by atoms with Gasteiger partial charge in [-0.1, -0.05) is 12.1 Å². The lowest BCUT2D eigenvalue weighted by Gasteiger charge is -2.11. The number of carbonyl (C=O) groups excluding carboxylic acids is 1. The summed E-state index contributed by atoms with van der Waals surface area (Å²) in [5.41, 5.74) is 2.62. The van der Waals surface area contributed by atoms with Crippen LogP contribution in [0.25, 0.3) is 0 Å². The summed E-state index contributed by atoms with van der Waals surface area (Å²) in [6.45, 7) is 5.19. The normalized spacial score (nSPS) is 12.6. The summed E-state index contributed by atoms with van der Waals surface area (Å²) >= 11 is 0. The fourth-order valence-corrected chi connectivity index (χ4v) is 2.74. The summed E-state index contributed by atoms with van der Waals surface area (Å²) < 4.78 is 10.2. The van der Waals surface area contributed by atoms with Crippen molar-refractivity contribution in [3.63, 3.8) is 0 Å². The van der Waals surface area contributed by atoms with Gasteiger partial charge in [-0.25, -0.2) is 0 Å². The zero-order valence-electron chi connectivity index (χ0n) is 15.7. The van der Waals surface area contributed by atoms with Crippen LogP contribution in [-0.2, 0) is 22.4 Å². The van der Waals surface area contributed by atoms with Crippen LogP contribution in [0.1, 0.15) is 37.3 Å². The molecular weight excluding hydrogens is 445 g/mol. The van der Waals surface area contributed by atoms with Gasteiger partial charge in [0.05, 0.1) is 13.7 Å². The third-order valence-electron chi connectivity index (χ3n) is 4.09. The second-order valence-electron chi connectivity index (χ2n) is 6.01. The molecule has 0 aliphatic carbocycles. The van der Waals surface area contributed by atoms with Crippen LogP contribution in [-0.4, -0.2) is 45.3 Å². The van der Waals surface area contributed by atoms with Gasteiger partial charge in [-0.2, -0.15) is 0 Å². The van der Waals surface area contributed by atoms with Crippen LogP contribution in [0.15, 0.2) is 23.2 Å². The number of benzene rings is 1. The third kappa shape index (κ3) is 7.80. The Kier molecular flexibility index (Phi) is 11.1. The van der Waals surface area contributed by atoms with E-state index in [1.165, 1.54) is 18.2 Å². The molecule has 0 radical (unpaired) electrons.